The largest absolute Gasteiger partial charge is 0.495 e. The van der Waals surface area contributed by atoms with Crippen molar-refractivity contribution in [3.63, 3.8) is 0 Å². The van der Waals surface area contributed by atoms with Crippen molar-refractivity contribution in [2.45, 2.75) is 6.92 Å². The van der Waals surface area contributed by atoms with Crippen LogP contribution in [0.2, 0.25) is 0 Å². The van der Waals surface area contributed by atoms with Crippen molar-refractivity contribution < 1.29 is 9.13 Å². The van der Waals surface area contributed by atoms with E-state index >= 15 is 0 Å². The number of hydrogen-bond donors (Lipinski definition) is 0. The van der Waals surface area contributed by atoms with E-state index in [2.05, 4.69) is 5.92 Å². The zero-order valence-corrected chi connectivity index (χ0v) is 7.02. The first-order chi connectivity index (χ1) is 5.70. The Hall–Kier alpha value is -1.49. The van der Waals surface area contributed by atoms with Crippen LogP contribution in [-0.4, -0.2) is 7.11 Å². The molecule has 62 valence electrons. The molecule has 0 unspecified atom stereocenters. The lowest BCUT2D eigenvalue weighted by Gasteiger charge is -2.05. The van der Waals surface area contributed by atoms with Gasteiger partial charge < -0.3 is 4.74 Å². The predicted molar refractivity (Wildman–Crippen MR) is 45.6 cm³/mol. The van der Waals surface area contributed by atoms with E-state index in [9.17, 15) is 4.39 Å². The first-order valence-electron chi connectivity index (χ1n) is 3.50. The van der Waals surface area contributed by atoms with Crippen LogP contribution in [0.1, 0.15) is 11.1 Å². The molecule has 0 N–H and O–H groups in total. The summed E-state index contributed by atoms with van der Waals surface area (Å²) in [6.45, 7) is 1.66. The molecule has 2 heteroatoms. The van der Waals surface area contributed by atoms with Crippen molar-refractivity contribution in [3.05, 3.63) is 29.1 Å². The fourth-order valence-electron chi connectivity index (χ4n) is 0.967. The number of halogens is 1. The summed E-state index contributed by atoms with van der Waals surface area (Å²) in [5.41, 5.74) is 0.723. The number of ether oxygens (including phenoxy) is 1. The minimum absolute atomic E-state index is 0.192. The first-order valence-corrected chi connectivity index (χ1v) is 3.50. The van der Waals surface area contributed by atoms with Gasteiger partial charge in [-0.3, -0.25) is 0 Å². The molecule has 0 saturated heterocycles. The van der Waals surface area contributed by atoms with E-state index < -0.39 is 0 Å². The van der Waals surface area contributed by atoms with Crippen molar-refractivity contribution in [3.8, 4) is 18.1 Å². The Kier molecular flexibility index (Phi) is 2.35. The van der Waals surface area contributed by atoms with Crippen LogP contribution in [0.25, 0.3) is 0 Å². The minimum Gasteiger partial charge on any atom is -0.495 e. The molecule has 0 aliphatic carbocycles. The molecule has 0 aliphatic rings. The molecular weight excluding hydrogens is 155 g/mol. The van der Waals surface area contributed by atoms with Crippen LogP contribution in [0.4, 0.5) is 4.39 Å². The fourth-order valence-corrected chi connectivity index (χ4v) is 0.967. The second-order valence-corrected chi connectivity index (χ2v) is 2.42. The van der Waals surface area contributed by atoms with Crippen LogP contribution in [0, 0.1) is 25.1 Å². The molecular formula is C10H9FO. The summed E-state index contributed by atoms with van der Waals surface area (Å²) < 4.78 is 18.1. The number of methoxy groups -OCH3 is 1. The number of terminal acetylenes is 1. The smallest absolute Gasteiger partial charge is 0.145 e. The molecule has 0 heterocycles. The zero-order valence-electron chi connectivity index (χ0n) is 7.02. The van der Waals surface area contributed by atoms with Gasteiger partial charge in [0, 0.05) is 0 Å². The van der Waals surface area contributed by atoms with Crippen LogP contribution < -0.4 is 4.74 Å². The van der Waals surface area contributed by atoms with E-state index in [1.807, 2.05) is 0 Å². The van der Waals surface area contributed by atoms with Crippen LogP contribution in [0.5, 0.6) is 5.75 Å². The summed E-state index contributed by atoms with van der Waals surface area (Å²) in [5.74, 6) is 2.28. The molecule has 0 spiro atoms. The van der Waals surface area contributed by atoms with Crippen LogP contribution in [-0.2, 0) is 0 Å². The maximum Gasteiger partial charge on any atom is 0.145 e. The molecule has 0 amide bonds. The highest BCUT2D eigenvalue weighted by molar-refractivity contribution is 5.48. The van der Waals surface area contributed by atoms with E-state index in [4.69, 9.17) is 11.2 Å². The van der Waals surface area contributed by atoms with Gasteiger partial charge in [-0.05, 0) is 18.6 Å². The van der Waals surface area contributed by atoms with Crippen molar-refractivity contribution in [1.29, 1.82) is 0 Å². The highest BCUT2D eigenvalue weighted by atomic mass is 19.1. The molecule has 0 aliphatic heterocycles. The van der Waals surface area contributed by atoms with E-state index in [1.54, 1.807) is 19.1 Å². The lowest BCUT2D eigenvalue weighted by molar-refractivity contribution is 0.409. The quantitative estimate of drug-likeness (QED) is 0.578. The molecule has 0 radical (unpaired) electrons. The average Bonchev–Trinajstić information content (AvgIpc) is 2.09. The molecule has 0 atom stereocenters. The third-order valence-corrected chi connectivity index (χ3v) is 1.66. The van der Waals surface area contributed by atoms with Crippen molar-refractivity contribution in [2.75, 3.05) is 7.11 Å². The number of benzene rings is 1. The molecule has 12 heavy (non-hydrogen) atoms. The number of aryl methyl sites for hydroxylation is 1. The van der Waals surface area contributed by atoms with Gasteiger partial charge in [0.2, 0.25) is 0 Å². The molecule has 0 bridgehead atoms. The third kappa shape index (κ3) is 1.26. The van der Waals surface area contributed by atoms with Gasteiger partial charge in [0.1, 0.15) is 17.1 Å². The average molecular weight is 164 g/mol. The maximum absolute atomic E-state index is 13.2. The Morgan fingerprint density at radius 3 is 2.67 bits per heavy atom. The van der Waals surface area contributed by atoms with Gasteiger partial charge in [0.15, 0.2) is 0 Å². The Morgan fingerprint density at radius 1 is 1.50 bits per heavy atom. The normalized spacial score (nSPS) is 9.17. The molecule has 0 saturated carbocycles. The third-order valence-electron chi connectivity index (χ3n) is 1.66. The first kappa shape index (κ1) is 8.61. The summed E-state index contributed by atoms with van der Waals surface area (Å²) in [7, 11) is 1.46. The topological polar surface area (TPSA) is 9.23 Å². The SMILES string of the molecule is C#Cc1c(OC)ccc(C)c1F. The van der Waals surface area contributed by atoms with Crippen LogP contribution in [0.15, 0.2) is 12.1 Å². The van der Waals surface area contributed by atoms with E-state index in [0.29, 0.717) is 11.3 Å². The van der Waals surface area contributed by atoms with Gasteiger partial charge in [-0.15, -0.1) is 6.42 Å². The van der Waals surface area contributed by atoms with Gasteiger partial charge in [0.05, 0.1) is 7.11 Å². The maximum atomic E-state index is 13.2. The Morgan fingerprint density at radius 2 is 2.17 bits per heavy atom. The highest BCUT2D eigenvalue weighted by Gasteiger charge is 2.08. The minimum atomic E-state index is -0.378. The molecule has 1 rings (SSSR count). The standard InChI is InChI=1S/C10H9FO/c1-4-8-9(12-3)6-5-7(2)10(8)11/h1,5-6H,2-3H3. The van der Waals surface area contributed by atoms with E-state index in [-0.39, 0.29) is 11.4 Å². The van der Waals surface area contributed by atoms with Crippen LogP contribution >= 0.6 is 0 Å². The molecule has 1 aromatic rings. The van der Waals surface area contributed by atoms with Gasteiger partial charge in [0.25, 0.3) is 0 Å². The van der Waals surface area contributed by atoms with Gasteiger partial charge in [-0.25, -0.2) is 4.39 Å². The van der Waals surface area contributed by atoms with Gasteiger partial charge in [-0.2, -0.15) is 0 Å². The Balaban J connectivity index is 3.38. The Bertz CT molecular complexity index is 336. The summed E-state index contributed by atoms with van der Waals surface area (Å²) in [4.78, 5) is 0. The van der Waals surface area contributed by atoms with Crippen molar-refractivity contribution >= 4 is 0 Å². The summed E-state index contributed by atoms with van der Waals surface area (Å²) in [6.07, 6.45) is 5.13. The van der Waals surface area contributed by atoms with E-state index in [1.165, 1.54) is 7.11 Å². The lowest BCUT2D eigenvalue weighted by Crippen LogP contribution is -1.93. The molecule has 1 aromatic carbocycles. The van der Waals surface area contributed by atoms with Crippen molar-refractivity contribution in [2.24, 2.45) is 0 Å². The highest BCUT2D eigenvalue weighted by Crippen LogP contribution is 2.22. The number of rotatable bonds is 1. The second kappa shape index (κ2) is 3.27. The zero-order chi connectivity index (χ0) is 9.14. The van der Waals surface area contributed by atoms with Crippen molar-refractivity contribution in [1.82, 2.24) is 0 Å². The summed E-state index contributed by atoms with van der Waals surface area (Å²) in [5, 5.41) is 0. The predicted octanol–water partition coefficient (Wildman–Crippen LogP) is 2.12. The number of hydrogen-bond acceptors (Lipinski definition) is 1. The van der Waals surface area contributed by atoms with Gasteiger partial charge >= 0.3 is 0 Å². The summed E-state index contributed by atoms with van der Waals surface area (Å²) >= 11 is 0. The molecule has 0 aromatic heterocycles. The second-order valence-electron chi connectivity index (χ2n) is 2.42. The molecule has 0 fully saturated rings. The lowest BCUT2D eigenvalue weighted by atomic mass is 10.1. The van der Waals surface area contributed by atoms with E-state index in [0.717, 1.165) is 0 Å². The fraction of sp³-hybridized carbons (Fsp3) is 0.200. The van der Waals surface area contributed by atoms with Crippen LogP contribution in [0.3, 0.4) is 0 Å². The van der Waals surface area contributed by atoms with Gasteiger partial charge in [-0.1, -0.05) is 12.0 Å². The Labute approximate surface area is 71.2 Å². The summed E-state index contributed by atoms with van der Waals surface area (Å²) in [6, 6.07) is 3.29. The monoisotopic (exact) mass is 164 g/mol. The molecule has 1 nitrogen and oxygen atoms in total.